The minimum Gasteiger partial charge on any atom is -0.423 e. The summed E-state index contributed by atoms with van der Waals surface area (Å²) in [6.45, 7) is 4.42. The number of hydrogen-bond acceptors (Lipinski definition) is 3. The number of benzene rings is 2. The molecule has 0 bridgehead atoms. The Kier molecular flexibility index (Phi) is 7.95. The van der Waals surface area contributed by atoms with Crippen LogP contribution >= 0.6 is 0 Å². The Morgan fingerprint density at radius 3 is 2.31 bits per heavy atom. The van der Waals surface area contributed by atoms with Crippen molar-refractivity contribution in [1.29, 1.82) is 5.26 Å². The normalized spacial score (nSPS) is 19.2. The Balaban J connectivity index is 1.62. The highest BCUT2D eigenvalue weighted by Gasteiger charge is 2.25. The maximum absolute atomic E-state index is 14.6. The summed E-state index contributed by atoms with van der Waals surface area (Å²) in [4.78, 5) is 12.3. The van der Waals surface area contributed by atoms with Gasteiger partial charge in [0.1, 0.15) is 34.8 Å². The summed E-state index contributed by atoms with van der Waals surface area (Å²) in [5, 5.41) is 8.70. The number of nitrogens with zero attached hydrogens (tertiary/aromatic N) is 1. The summed E-state index contributed by atoms with van der Waals surface area (Å²) in [5.41, 5.74) is -0.280. The number of carbonyl (C=O) groups is 1. The van der Waals surface area contributed by atoms with E-state index in [1.807, 2.05) is 0 Å². The van der Waals surface area contributed by atoms with Gasteiger partial charge in [0.25, 0.3) is 0 Å². The molecule has 0 aromatic heterocycles. The molecule has 6 heteroatoms. The van der Waals surface area contributed by atoms with E-state index in [-0.39, 0.29) is 5.56 Å². The van der Waals surface area contributed by atoms with E-state index in [1.165, 1.54) is 56.7 Å². The van der Waals surface area contributed by atoms with E-state index in [1.54, 1.807) is 6.07 Å². The van der Waals surface area contributed by atoms with Gasteiger partial charge in [-0.15, -0.1) is 0 Å². The summed E-state index contributed by atoms with van der Waals surface area (Å²) in [7, 11) is 0. The van der Waals surface area contributed by atoms with Gasteiger partial charge in [0.2, 0.25) is 0 Å². The van der Waals surface area contributed by atoms with Crippen LogP contribution in [-0.4, -0.2) is 5.97 Å². The van der Waals surface area contributed by atoms with Crippen molar-refractivity contribution < 1.29 is 22.7 Å². The van der Waals surface area contributed by atoms with Crippen molar-refractivity contribution in [3.63, 3.8) is 0 Å². The molecule has 2 aromatic carbocycles. The first-order valence-corrected chi connectivity index (χ1v) is 11.2. The van der Waals surface area contributed by atoms with Gasteiger partial charge in [-0.1, -0.05) is 45.6 Å². The zero-order valence-electron chi connectivity index (χ0n) is 18.5. The Labute approximate surface area is 187 Å². The molecule has 2 aromatic rings. The fraction of sp³-hybridized carbons (Fsp3) is 0.462. The monoisotopic (exact) mass is 443 g/mol. The topological polar surface area (TPSA) is 50.1 Å². The smallest absolute Gasteiger partial charge is 0.346 e. The molecule has 1 unspecified atom stereocenters. The Morgan fingerprint density at radius 2 is 1.75 bits per heavy atom. The third-order valence-corrected chi connectivity index (χ3v) is 6.54. The maximum Gasteiger partial charge on any atom is 0.346 e. The second-order valence-electron chi connectivity index (χ2n) is 8.83. The summed E-state index contributed by atoms with van der Waals surface area (Å²) in [6.07, 6.45) is 8.19. The van der Waals surface area contributed by atoms with Gasteiger partial charge in [-0.25, -0.2) is 18.0 Å². The van der Waals surface area contributed by atoms with Gasteiger partial charge < -0.3 is 4.74 Å². The van der Waals surface area contributed by atoms with Gasteiger partial charge >= 0.3 is 5.97 Å². The van der Waals surface area contributed by atoms with Crippen molar-refractivity contribution in [3.8, 4) is 11.8 Å². The predicted molar refractivity (Wildman–Crippen MR) is 116 cm³/mol. The molecule has 0 spiro atoms. The summed E-state index contributed by atoms with van der Waals surface area (Å²) in [5.74, 6) is -2.64. The number of nitriles is 1. The van der Waals surface area contributed by atoms with Gasteiger partial charge in [0.05, 0.1) is 5.56 Å². The molecule has 1 aliphatic carbocycles. The third-order valence-electron chi connectivity index (χ3n) is 6.54. The van der Waals surface area contributed by atoms with Crippen molar-refractivity contribution >= 4 is 5.97 Å². The van der Waals surface area contributed by atoms with Gasteiger partial charge in [0.15, 0.2) is 0 Å². The lowest BCUT2D eigenvalue weighted by atomic mass is 9.74. The third kappa shape index (κ3) is 5.70. The van der Waals surface area contributed by atoms with E-state index < -0.39 is 34.7 Å². The molecule has 0 aliphatic heterocycles. The van der Waals surface area contributed by atoms with Crippen LogP contribution in [-0.2, 0) is 6.42 Å². The van der Waals surface area contributed by atoms with Crippen LogP contribution in [0.2, 0.25) is 0 Å². The quantitative estimate of drug-likeness (QED) is 0.343. The van der Waals surface area contributed by atoms with Crippen molar-refractivity contribution in [3.05, 3.63) is 64.5 Å². The van der Waals surface area contributed by atoms with Crippen LogP contribution in [0.15, 0.2) is 30.3 Å². The van der Waals surface area contributed by atoms with E-state index >= 15 is 0 Å². The highest BCUT2D eigenvalue weighted by atomic mass is 19.1. The summed E-state index contributed by atoms with van der Waals surface area (Å²) >= 11 is 0. The van der Waals surface area contributed by atoms with Crippen molar-refractivity contribution in [2.24, 2.45) is 17.8 Å². The first-order chi connectivity index (χ1) is 15.3. The second kappa shape index (κ2) is 10.7. The minimum absolute atomic E-state index is 0.313. The largest absolute Gasteiger partial charge is 0.423 e. The van der Waals surface area contributed by atoms with E-state index in [0.29, 0.717) is 11.8 Å². The molecule has 0 N–H and O–H groups in total. The van der Waals surface area contributed by atoms with Crippen molar-refractivity contribution in [2.75, 3.05) is 0 Å². The van der Waals surface area contributed by atoms with Crippen LogP contribution in [0.4, 0.5) is 13.2 Å². The number of ether oxygens (including phenoxy) is 1. The molecule has 170 valence electrons. The number of carbonyl (C=O) groups excluding carboxylic acids is 1. The lowest BCUT2D eigenvalue weighted by Crippen LogP contribution is -2.21. The molecule has 1 saturated carbocycles. The molecule has 32 heavy (non-hydrogen) atoms. The molecule has 3 rings (SSSR count). The van der Waals surface area contributed by atoms with Crippen molar-refractivity contribution in [2.45, 2.75) is 58.8 Å². The molecule has 3 nitrogen and oxygen atoms in total. The number of esters is 1. The van der Waals surface area contributed by atoms with Gasteiger partial charge in [-0.05, 0) is 54.7 Å². The lowest BCUT2D eigenvalue weighted by Gasteiger charge is -2.32. The van der Waals surface area contributed by atoms with Crippen molar-refractivity contribution in [1.82, 2.24) is 0 Å². The highest BCUT2D eigenvalue weighted by molar-refractivity contribution is 5.91. The minimum atomic E-state index is -1.15. The molecule has 1 atom stereocenters. The second-order valence-corrected chi connectivity index (χ2v) is 8.83. The molecule has 0 radical (unpaired) electrons. The zero-order valence-corrected chi connectivity index (χ0v) is 18.5. The summed E-state index contributed by atoms with van der Waals surface area (Å²) in [6, 6.07) is 7.20. The van der Waals surface area contributed by atoms with Gasteiger partial charge in [-0.2, -0.15) is 5.26 Å². The van der Waals surface area contributed by atoms with Crippen LogP contribution < -0.4 is 4.74 Å². The SMILES string of the molecule is CCCC1CCC(C(C)Cc2ccc(C(=O)Oc3cc(F)c(C#N)c(F)c3)c(F)c2)CC1. The molecule has 0 heterocycles. The number of hydrogen-bond donors (Lipinski definition) is 0. The van der Waals surface area contributed by atoms with Crippen LogP contribution in [0.1, 0.15) is 73.9 Å². The predicted octanol–water partition coefficient (Wildman–Crippen LogP) is 6.98. The molecule has 1 aliphatic rings. The lowest BCUT2D eigenvalue weighted by molar-refractivity contribution is 0.0729. The Bertz CT molecular complexity index is 984. The molecular formula is C26H28F3NO2. The Hall–Kier alpha value is -2.81. The molecule has 1 fully saturated rings. The fourth-order valence-electron chi connectivity index (χ4n) is 4.72. The van der Waals surface area contributed by atoms with Gasteiger partial charge in [0, 0.05) is 12.1 Å². The molecule has 0 amide bonds. The standard InChI is InChI=1S/C26H28F3NO2/c1-3-4-17-5-8-19(9-6-17)16(2)11-18-7-10-21(23(27)12-18)26(31)32-20-13-24(28)22(15-30)25(29)14-20/h7,10,12-14,16-17,19H,3-6,8-9,11H2,1-2H3. The van der Waals surface area contributed by atoms with Crippen LogP contribution in [0, 0.1) is 46.5 Å². The summed E-state index contributed by atoms with van der Waals surface area (Å²) < 4.78 is 46.9. The average Bonchev–Trinajstić information content (AvgIpc) is 2.74. The van der Waals surface area contributed by atoms with Crippen LogP contribution in [0.3, 0.4) is 0 Å². The molecule has 0 saturated heterocycles. The van der Waals surface area contributed by atoms with Crippen LogP contribution in [0.25, 0.3) is 0 Å². The van der Waals surface area contributed by atoms with E-state index in [0.717, 1.165) is 30.0 Å². The van der Waals surface area contributed by atoms with E-state index in [9.17, 15) is 18.0 Å². The number of halogens is 3. The van der Waals surface area contributed by atoms with Crippen LogP contribution in [0.5, 0.6) is 5.75 Å². The first-order valence-electron chi connectivity index (χ1n) is 11.2. The zero-order chi connectivity index (χ0) is 23.3. The highest BCUT2D eigenvalue weighted by Crippen LogP contribution is 2.36. The van der Waals surface area contributed by atoms with E-state index in [2.05, 4.69) is 13.8 Å². The first kappa shape index (κ1) is 23.8. The van der Waals surface area contributed by atoms with E-state index in [4.69, 9.17) is 10.00 Å². The fourth-order valence-corrected chi connectivity index (χ4v) is 4.72. The number of rotatable bonds is 7. The Morgan fingerprint density at radius 1 is 1.09 bits per heavy atom. The van der Waals surface area contributed by atoms with Gasteiger partial charge in [-0.3, -0.25) is 0 Å². The average molecular weight is 444 g/mol. The molecular weight excluding hydrogens is 415 g/mol. The maximum atomic E-state index is 14.6.